The number of nitrogens with zero attached hydrogens (tertiary/aromatic N) is 1. The van der Waals surface area contributed by atoms with Crippen LogP contribution in [0.1, 0.15) is 47.2 Å². The van der Waals surface area contributed by atoms with Gasteiger partial charge in [-0.2, -0.15) is 0 Å². The highest BCUT2D eigenvalue weighted by molar-refractivity contribution is 6.26. The molecule has 0 atom stereocenters. The first-order chi connectivity index (χ1) is 10.6. The number of hydrogen-bond donors (Lipinski definition) is 0. The maximum absolute atomic E-state index is 12.5. The molecule has 122 valence electrons. The quantitative estimate of drug-likeness (QED) is 0.582. The van der Waals surface area contributed by atoms with Crippen LogP contribution in [0, 0.1) is 34.6 Å². The number of allylic oxidation sites excluding steroid dienone is 1. The summed E-state index contributed by atoms with van der Waals surface area (Å²) in [5.74, 6) is -0.432. The summed E-state index contributed by atoms with van der Waals surface area (Å²) in [5.41, 5.74) is 9.06. The highest BCUT2D eigenvalue weighted by Crippen LogP contribution is 2.33. The molecule has 0 bridgehead atoms. The fraction of sp³-hybridized carbons (Fsp3) is 0.400. The maximum atomic E-state index is 12.5. The van der Waals surface area contributed by atoms with Crippen molar-refractivity contribution in [1.29, 1.82) is 0 Å². The molecular formula is C20H25NO2. The lowest BCUT2D eigenvalue weighted by molar-refractivity contribution is -0.134. The van der Waals surface area contributed by atoms with Crippen molar-refractivity contribution >= 4 is 17.9 Å². The maximum Gasteiger partial charge on any atom is 0.261 e. The molecule has 1 heterocycles. The summed E-state index contributed by atoms with van der Waals surface area (Å²) in [5, 5.41) is 0. The summed E-state index contributed by atoms with van der Waals surface area (Å²) in [6.07, 6.45) is 1.90. The topological polar surface area (TPSA) is 37.4 Å². The van der Waals surface area contributed by atoms with Gasteiger partial charge in [-0.05, 0) is 87.9 Å². The van der Waals surface area contributed by atoms with Gasteiger partial charge in [-0.1, -0.05) is 5.57 Å². The third-order valence-corrected chi connectivity index (χ3v) is 5.17. The van der Waals surface area contributed by atoms with Gasteiger partial charge in [-0.15, -0.1) is 0 Å². The molecule has 3 heteroatoms. The Labute approximate surface area is 138 Å². The van der Waals surface area contributed by atoms with Crippen LogP contribution in [0.15, 0.2) is 16.7 Å². The van der Waals surface area contributed by atoms with E-state index in [1.54, 1.807) is 7.05 Å². The van der Waals surface area contributed by atoms with Gasteiger partial charge in [0.2, 0.25) is 0 Å². The first kappa shape index (κ1) is 17.2. The number of carbonyl (C=O) groups excluding carboxylic acids is 2. The van der Waals surface area contributed by atoms with Crippen LogP contribution >= 0.6 is 0 Å². The van der Waals surface area contributed by atoms with E-state index in [0.29, 0.717) is 11.1 Å². The normalized spacial score (nSPS) is 16.8. The number of likely N-dealkylation sites (tertiary alicyclic amines) is 1. The number of benzene rings is 1. The van der Waals surface area contributed by atoms with Crippen LogP contribution in [0.3, 0.4) is 0 Å². The van der Waals surface area contributed by atoms with E-state index < -0.39 is 0 Å². The highest BCUT2D eigenvalue weighted by atomic mass is 16.2. The summed E-state index contributed by atoms with van der Waals surface area (Å²) < 4.78 is 0. The molecule has 0 spiro atoms. The zero-order chi connectivity index (χ0) is 17.6. The van der Waals surface area contributed by atoms with E-state index in [1.165, 1.54) is 32.7 Å². The van der Waals surface area contributed by atoms with E-state index in [1.807, 2.05) is 19.9 Å². The molecule has 1 aliphatic heterocycles. The van der Waals surface area contributed by atoms with Gasteiger partial charge in [0, 0.05) is 7.05 Å². The molecule has 0 aromatic heterocycles. The molecule has 1 aliphatic rings. The van der Waals surface area contributed by atoms with Crippen molar-refractivity contribution in [3.05, 3.63) is 50.1 Å². The van der Waals surface area contributed by atoms with Gasteiger partial charge in [0.05, 0.1) is 11.1 Å². The Morgan fingerprint density at radius 2 is 1.22 bits per heavy atom. The standard InChI is InChI=1S/C20H25NO2/c1-10(2)18-17(19(22)21(8)20(18)23)9-16-14(6)12(4)11(3)13(5)15(16)7/h9H,1-8H3/b17-9+. The molecule has 0 radical (unpaired) electrons. The number of rotatable bonds is 1. The van der Waals surface area contributed by atoms with Gasteiger partial charge in [0.1, 0.15) is 0 Å². The Balaban J connectivity index is 2.79. The SMILES string of the molecule is CC(C)=C1C(=O)N(C)C(=O)/C1=C/c1c(C)c(C)c(C)c(C)c1C. The zero-order valence-electron chi connectivity index (χ0n) is 15.3. The minimum absolute atomic E-state index is 0.211. The van der Waals surface area contributed by atoms with Crippen molar-refractivity contribution in [2.75, 3.05) is 7.05 Å². The van der Waals surface area contributed by atoms with Crippen LogP contribution in [0.2, 0.25) is 0 Å². The predicted molar refractivity (Wildman–Crippen MR) is 94.3 cm³/mol. The minimum Gasteiger partial charge on any atom is -0.277 e. The van der Waals surface area contributed by atoms with Crippen LogP contribution in [0.5, 0.6) is 0 Å². The highest BCUT2D eigenvalue weighted by Gasteiger charge is 2.37. The lowest BCUT2D eigenvalue weighted by Gasteiger charge is -2.17. The van der Waals surface area contributed by atoms with Crippen LogP contribution in [0.4, 0.5) is 0 Å². The second-order valence-electron chi connectivity index (χ2n) is 6.64. The van der Waals surface area contributed by atoms with E-state index in [2.05, 4.69) is 34.6 Å². The smallest absolute Gasteiger partial charge is 0.261 e. The molecule has 1 saturated heterocycles. The second kappa shape index (κ2) is 5.80. The summed E-state index contributed by atoms with van der Waals surface area (Å²) >= 11 is 0. The molecule has 0 aliphatic carbocycles. The van der Waals surface area contributed by atoms with Gasteiger partial charge in [-0.3, -0.25) is 14.5 Å². The number of amides is 2. The Bertz CT molecular complexity index is 761. The Kier molecular flexibility index (Phi) is 4.34. The zero-order valence-corrected chi connectivity index (χ0v) is 15.3. The first-order valence-electron chi connectivity index (χ1n) is 7.88. The lowest BCUT2D eigenvalue weighted by Crippen LogP contribution is -2.24. The van der Waals surface area contributed by atoms with Gasteiger partial charge < -0.3 is 0 Å². The van der Waals surface area contributed by atoms with E-state index in [-0.39, 0.29) is 11.8 Å². The molecule has 1 fully saturated rings. The van der Waals surface area contributed by atoms with E-state index in [0.717, 1.165) is 11.1 Å². The molecule has 0 unspecified atom stereocenters. The number of likely N-dealkylation sites (N-methyl/N-ethyl adjacent to an activating group) is 1. The molecule has 0 N–H and O–H groups in total. The largest absolute Gasteiger partial charge is 0.277 e. The molecule has 23 heavy (non-hydrogen) atoms. The van der Waals surface area contributed by atoms with Crippen molar-refractivity contribution in [2.45, 2.75) is 48.5 Å². The predicted octanol–water partition coefficient (Wildman–Crippen LogP) is 3.95. The van der Waals surface area contributed by atoms with Crippen LogP contribution in [0.25, 0.3) is 6.08 Å². The monoisotopic (exact) mass is 311 g/mol. The summed E-state index contributed by atoms with van der Waals surface area (Å²) in [6, 6.07) is 0. The molecule has 2 rings (SSSR count). The average molecular weight is 311 g/mol. The number of imide groups is 1. The third-order valence-electron chi connectivity index (χ3n) is 5.17. The number of hydrogen-bond acceptors (Lipinski definition) is 2. The van der Waals surface area contributed by atoms with Crippen molar-refractivity contribution in [3.8, 4) is 0 Å². The summed E-state index contributed by atoms with van der Waals surface area (Å²) in [7, 11) is 1.54. The molecule has 1 aromatic carbocycles. The van der Waals surface area contributed by atoms with E-state index in [4.69, 9.17) is 0 Å². The van der Waals surface area contributed by atoms with E-state index >= 15 is 0 Å². The molecule has 1 aromatic rings. The number of carbonyl (C=O) groups is 2. The van der Waals surface area contributed by atoms with Gasteiger partial charge in [0.15, 0.2) is 0 Å². The first-order valence-corrected chi connectivity index (χ1v) is 7.88. The average Bonchev–Trinajstić information content (AvgIpc) is 2.71. The van der Waals surface area contributed by atoms with Gasteiger partial charge in [0.25, 0.3) is 11.8 Å². The third kappa shape index (κ3) is 2.54. The molecule has 2 amide bonds. The van der Waals surface area contributed by atoms with Crippen molar-refractivity contribution in [3.63, 3.8) is 0 Å². The van der Waals surface area contributed by atoms with Gasteiger partial charge in [-0.25, -0.2) is 0 Å². The summed E-state index contributed by atoms with van der Waals surface area (Å²) in [6.45, 7) is 14.2. The van der Waals surface area contributed by atoms with Crippen LogP contribution in [-0.2, 0) is 9.59 Å². The second-order valence-corrected chi connectivity index (χ2v) is 6.64. The molecule has 0 saturated carbocycles. The van der Waals surface area contributed by atoms with Crippen molar-refractivity contribution in [1.82, 2.24) is 4.90 Å². The van der Waals surface area contributed by atoms with Crippen molar-refractivity contribution in [2.24, 2.45) is 0 Å². The lowest BCUT2D eigenvalue weighted by atomic mass is 9.88. The Hall–Kier alpha value is -2.16. The van der Waals surface area contributed by atoms with Crippen LogP contribution in [-0.4, -0.2) is 23.8 Å². The Morgan fingerprint density at radius 3 is 1.65 bits per heavy atom. The van der Waals surface area contributed by atoms with Gasteiger partial charge >= 0.3 is 0 Å². The van der Waals surface area contributed by atoms with Crippen LogP contribution < -0.4 is 0 Å². The summed E-state index contributed by atoms with van der Waals surface area (Å²) in [4.78, 5) is 26.0. The van der Waals surface area contributed by atoms with Crippen molar-refractivity contribution < 1.29 is 9.59 Å². The Morgan fingerprint density at radius 1 is 0.783 bits per heavy atom. The fourth-order valence-electron chi connectivity index (χ4n) is 3.17. The molecule has 3 nitrogen and oxygen atoms in total. The minimum atomic E-state index is -0.221. The fourth-order valence-corrected chi connectivity index (χ4v) is 3.17. The molecular weight excluding hydrogens is 286 g/mol. The van der Waals surface area contributed by atoms with E-state index in [9.17, 15) is 9.59 Å².